The predicted molar refractivity (Wildman–Crippen MR) is 58.7 cm³/mol. The van der Waals surface area contributed by atoms with Crippen LogP contribution in [0, 0.1) is 0 Å². The van der Waals surface area contributed by atoms with Crippen LogP contribution in [0.4, 0.5) is 4.79 Å². The molecule has 106 valence electrons. The summed E-state index contributed by atoms with van der Waals surface area (Å²) in [6.45, 7) is 1.48. The van der Waals surface area contributed by atoms with Crippen LogP contribution in [0.15, 0.2) is 0 Å². The number of hydrogen-bond donors (Lipinski definition) is 4. The van der Waals surface area contributed by atoms with E-state index in [0.717, 1.165) is 0 Å². The third-order valence-electron chi connectivity index (χ3n) is 2.60. The maximum absolute atomic E-state index is 11.1. The second-order valence-electron chi connectivity index (χ2n) is 3.78. The van der Waals surface area contributed by atoms with E-state index < -0.39 is 43.4 Å². The van der Waals surface area contributed by atoms with Crippen LogP contribution in [-0.2, 0) is 14.2 Å². The van der Waals surface area contributed by atoms with Gasteiger partial charge in [-0.1, -0.05) is 0 Å². The van der Waals surface area contributed by atoms with Crippen LogP contribution in [0.5, 0.6) is 0 Å². The van der Waals surface area contributed by atoms with Gasteiger partial charge in [0.15, 0.2) is 12.4 Å². The van der Waals surface area contributed by atoms with Gasteiger partial charge in [0, 0.05) is 13.7 Å². The van der Waals surface area contributed by atoms with Gasteiger partial charge in [-0.25, -0.2) is 4.79 Å². The van der Waals surface area contributed by atoms with Crippen molar-refractivity contribution in [2.75, 3.05) is 20.3 Å². The number of hydrogen-bond acceptors (Lipinski definition) is 7. The van der Waals surface area contributed by atoms with Crippen molar-refractivity contribution in [1.82, 2.24) is 5.32 Å². The van der Waals surface area contributed by atoms with Crippen LogP contribution in [0.25, 0.3) is 0 Å². The minimum absolute atomic E-state index is 0.267. The number of aliphatic hydroxyl groups is 3. The lowest BCUT2D eigenvalue weighted by molar-refractivity contribution is -0.299. The van der Waals surface area contributed by atoms with Crippen LogP contribution in [-0.4, -0.2) is 72.4 Å². The standard InChI is InChI=1S/C10H19NO7/c1-3-16-9-7(14)8(18-10(15)11-2)6(13)5(4-12)17-9/h5-9,12-14H,3-4H2,1-2H3,(H,11,15). The van der Waals surface area contributed by atoms with Crippen LogP contribution in [0.2, 0.25) is 0 Å². The first-order chi connectivity index (χ1) is 8.54. The van der Waals surface area contributed by atoms with E-state index >= 15 is 0 Å². The zero-order valence-electron chi connectivity index (χ0n) is 10.3. The normalized spacial score (nSPS) is 36.2. The first-order valence-electron chi connectivity index (χ1n) is 5.67. The SMILES string of the molecule is CCOC1OC(CO)C(O)C(OC(=O)NC)C1O. The molecule has 8 nitrogen and oxygen atoms in total. The first kappa shape index (κ1) is 15.1. The van der Waals surface area contributed by atoms with Crippen molar-refractivity contribution in [1.29, 1.82) is 0 Å². The molecular weight excluding hydrogens is 246 g/mol. The van der Waals surface area contributed by atoms with Gasteiger partial charge in [-0.05, 0) is 6.92 Å². The Morgan fingerprint density at radius 1 is 1.39 bits per heavy atom. The molecule has 0 spiro atoms. The zero-order chi connectivity index (χ0) is 13.7. The topological polar surface area (TPSA) is 117 Å². The third kappa shape index (κ3) is 3.30. The summed E-state index contributed by atoms with van der Waals surface area (Å²) in [7, 11) is 1.35. The molecule has 0 aliphatic carbocycles. The second kappa shape index (κ2) is 6.86. The molecule has 4 N–H and O–H groups in total. The van der Waals surface area contributed by atoms with Crippen molar-refractivity contribution in [3.8, 4) is 0 Å². The van der Waals surface area contributed by atoms with Gasteiger partial charge in [0.05, 0.1) is 6.61 Å². The molecule has 0 aromatic heterocycles. The molecule has 1 heterocycles. The number of rotatable bonds is 4. The Morgan fingerprint density at radius 3 is 2.56 bits per heavy atom. The fourth-order valence-corrected chi connectivity index (χ4v) is 1.68. The number of carbonyl (C=O) groups is 1. The van der Waals surface area contributed by atoms with E-state index in [-0.39, 0.29) is 6.61 Å². The van der Waals surface area contributed by atoms with Crippen molar-refractivity contribution < 1.29 is 34.3 Å². The largest absolute Gasteiger partial charge is 0.440 e. The number of amides is 1. The Labute approximate surface area is 104 Å². The highest BCUT2D eigenvalue weighted by Gasteiger charge is 2.47. The van der Waals surface area contributed by atoms with Crippen molar-refractivity contribution in [2.24, 2.45) is 0 Å². The number of carbonyl (C=O) groups excluding carboxylic acids is 1. The van der Waals surface area contributed by atoms with Crippen LogP contribution in [0.1, 0.15) is 6.92 Å². The summed E-state index contributed by atoms with van der Waals surface area (Å²) in [4.78, 5) is 11.1. The van der Waals surface area contributed by atoms with Gasteiger partial charge in [-0.3, -0.25) is 0 Å². The Hall–Kier alpha value is -0.930. The second-order valence-corrected chi connectivity index (χ2v) is 3.78. The Balaban J connectivity index is 2.78. The highest BCUT2D eigenvalue weighted by Crippen LogP contribution is 2.24. The Bertz CT molecular complexity index is 275. The summed E-state index contributed by atoms with van der Waals surface area (Å²) in [5.41, 5.74) is 0. The monoisotopic (exact) mass is 265 g/mol. The smallest absolute Gasteiger partial charge is 0.407 e. The van der Waals surface area contributed by atoms with E-state index in [1.54, 1.807) is 6.92 Å². The molecule has 5 unspecified atom stereocenters. The zero-order valence-corrected chi connectivity index (χ0v) is 10.3. The van der Waals surface area contributed by atoms with Crippen LogP contribution in [0.3, 0.4) is 0 Å². The lowest BCUT2D eigenvalue weighted by Gasteiger charge is -2.41. The summed E-state index contributed by atoms with van der Waals surface area (Å²) in [5.74, 6) is 0. The third-order valence-corrected chi connectivity index (χ3v) is 2.60. The summed E-state index contributed by atoms with van der Waals surface area (Å²) < 4.78 is 15.1. The van der Waals surface area contributed by atoms with E-state index in [0.29, 0.717) is 0 Å². The molecule has 0 aromatic carbocycles. The minimum Gasteiger partial charge on any atom is -0.440 e. The molecular formula is C10H19NO7. The van der Waals surface area contributed by atoms with Gasteiger partial charge in [-0.2, -0.15) is 0 Å². The fourth-order valence-electron chi connectivity index (χ4n) is 1.68. The number of ether oxygens (including phenoxy) is 3. The summed E-state index contributed by atoms with van der Waals surface area (Å²) in [5, 5.41) is 31.0. The highest BCUT2D eigenvalue weighted by atomic mass is 16.7. The van der Waals surface area contributed by atoms with Gasteiger partial charge < -0.3 is 34.8 Å². The van der Waals surface area contributed by atoms with Gasteiger partial charge in [0.2, 0.25) is 0 Å². The van der Waals surface area contributed by atoms with E-state index in [4.69, 9.17) is 19.3 Å². The Morgan fingerprint density at radius 2 is 2.06 bits per heavy atom. The van der Waals surface area contributed by atoms with Gasteiger partial charge in [0.25, 0.3) is 0 Å². The molecule has 8 heteroatoms. The minimum atomic E-state index is -1.33. The summed E-state index contributed by atoms with van der Waals surface area (Å²) in [6.07, 6.45) is -6.75. The van der Waals surface area contributed by atoms with Gasteiger partial charge in [-0.15, -0.1) is 0 Å². The lowest BCUT2D eigenvalue weighted by atomic mass is 9.99. The van der Waals surface area contributed by atoms with Crippen molar-refractivity contribution in [2.45, 2.75) is 37.6 Å². The molecule has 1 aliphatic heterocycles. The van der Waals surface area contributed by atoms with Crippen molar-refractivity contribution in [3.05, 3.63) is 0 Å². The Kier molecular flexibility index (Phi) is 5.76. The van der Waals surface area contributed by atoms with Crippen LogP contribution < -0.4 is 5.32 Å². The molecule has 0 radical (unpaired) electrons. The fraction of sp³-hybridized carbons (Fsp3) is 0.900. The molecule has 1 amide bonds. The van der Waals surface area contributed by atoms with E-state index in [1.807, 2.05) is 0 Å². The summed E-state index contributed by atoms with van der Waals surface area (Å²) >= 11 is 0. The van der Waals surface area contributed by atoms with Crippen molar-refractivity contribution in [3.63, 3.8) is 0 Å². The molecule has 1 fully saturated rings. The molecule has 0 saturated carbocycles. The van der Waals surface area contributed by atoms with Crippen molar-refractivity contribution >= 4 is 6.09 Å². The number of alkyl carbamates (subject to hydrolysis) is 1. The predicted octanol–water partition coefficient (Wildman–Crippen LogP) is -1.81. The number of nitrogens with one attached hydrogen (secondary N) is 1. The van der Waals surface area contributed by atoms with Crippen LogP contribution >= 0.6 is 0 Å². The van der Waals surface area contributed by atoms with E-state index in [9.17, 15) is 15.0 Å². The van der Waals surface area contributed by atoms with Gasteiger partial charge in [0.1, 0.15) is 18.3 Å². The summed E-state index contributed by atoms with van der Waals surface area (Å²) in [6, 6.07) is 0. The van der Waals surface area contributed by atoms with Gasteiger partial charge >= 0.3 is 6.09 Å². The average Bonchev–Trinajstić information content (AvgIpc) is 2.37. The maximum atomic E-state index is 11.1. The molecule has 5 atom stereocenters. The molecule has 18 heavy (non-hydrogen) atoms. The maximum Gasteiger partial charge on any atom is 0.407 e. The molecule has 1 aliphatic rings. The lowest BCUT2D eigenvalue weighted by Crippen LogP contribution is -2.60. The van der Waals surface area contributed by atoms with E-state index in [1.165, 1.54) is 7.05 Å². The molecule has 1 saturated heterocycles. The first-order valence-corrected chi connectivity index (χ1v) is 5.67. The molecule has 0 bridgehead atoms. The quantitative estimate of drug-likeness (QED) is 0.473. The molecule has 1 rings (SSSR count). The van der Waals surface area contributed by atoms with E-state index in [2.05, 4.69) is 5.32 Å². The molecule has 0 aromatic rings. The average molecular weight is 265 g/mol. The number of aliphatic hydroxyl groups excluding tert-OH is 3. The highest BCUT2D eigenvalue weighted by molar-refractivity contribution is 5.67.